The van der Waals surface area contributed by atoms with Gasteiger partial charge in [0.05, 0.1) is 0 Å². The molecule has 80 valence electrons. The third kappa shape index (κ3) is 2.45. The minimum atomic E-state index is -1.11. The van der Waals surface area contributed by atoms with Crippen LogP contribution < -0.4 is 0 Å². The average Bonchev–Trinajstić information content (AvgIpc) is 2.18. The van der Waals surface area contributed by atoms with Gasteiger partial charge in [-0.1, -0.05) is 0 Å². The SMILES string of the molecule is CC1[C@@H](O)[C@H](O)[C@H](O)CN1CC#P=O. The van der Waals surface area contributed by atoms with Crippen LogP contribution in [0.15, 0.2) is 0 Å². The summed E-state index contributed by atoms with van der Waals surface area (Å²) in [6, 6.07) is -0.275. The van der Waals surface area contributed by atoms with Gasteiger partial charge < -0.3 is 0 Å². The van der Waals surface area contributed by atoms with E-state index in [9.17, 15) is 19.9 Å². The molecule has 0 saturated carbocycles. The van der Waals surface area contributed by atoms with Crippen molar-refractivity contribution in [2.45, 2.75) is 31.3 Å². The molecule has 1 aliphatic rings. The fraction of sp³-hybridized carbons (Fsp3) is 0.875. The van der Waals surface area contributed by atoms with Gasteiger partial charge in [-0.2, -0.15) is 0 Å². The summed E-state index contributed by atoms with van der Waals surface area (Å²) >= 11 is 0. The molecule has 0 spiro atoms. The molecule has 0 bridgehead atoms. The van der Waals surface area contributed by atoms with Crippen LogP contribution in [-0.4, -0.2) is 57.7 Å². The number of nitrogens with zero attached hydrogens (tertiary/aromatic N) is 1. The average molecular weight is 219 g/mol. The van der Waals surface area contributed by atoms with Gasteiger partial charge in [0.1, 0.15) is 0 Å². The van der Waals surface area contributed by atoms with Crippen LogP contribution in [0.1, 0.15) is 6.92 Å². The zero-order valence-electron chi connectivity index (χ0n) is 7.87. The molecule has 4 atom stereocenters. The van der Waals surface area contributed by atoms with Crippen molar-refractivity contribution in [3.63, 3.8) is 0 Å². The molecular weight excluding hydrogens is 205 g/mol. The topological polar surface area (TPSA) is 81.0 Å². The van der Waals surface area contributed by atoms with Crippen molar-refractivity contribution < 1.29 is 19.9 Å². The van der Waals surface area contributed by atoms with Crippen molar-refractivity contribution in [1.29, 1.82) is 0 Å². The van der Waals surface area contributed by atoms with Gasteiger partial charge in [0.2, 0.25) is 0 Å². The number of aliphatic hydroxyl groups excluding tert-OH is 3. The van der Waals surface area contributed by atoms with E-state index in [4.69, 9.17) is 0 Å². The van der Waals surface area contributed by atoms with Gasteiger partial charge in [0.25, 0.3) is 0 Å². The zero-order chi connectivity index (χ0) is 10.7. The second-order valence-electron chi connectivity index (χ2n) is 3.47. The van der Waals surface area contributed by atoms with E-state index in [-0.39, 0.29) is 20.5 Å². The molecule has 5 nitrogen and oxygen atoms in total. The Morgan fingerprint density at radius 3 is 2.64 bits per heavy atom. The first-order valence-corrected chi connectivity index (χ1v) is 5.22. The summed E-state index contributed by atoms with van der Waals surface area (Å²) in [6.45, 7) is 2.29. The van der Waals surface area contributed by atoms with Crippen molar-refractivity contribution in [3.8, 4) is 5.63 Å². The van der Waals surface area contributed by atoms with Crippen LogP contribution in [-0.2, 0) is 4.57 Å². The number of hydrogen-bond donors (Lipinski definition) is 3. The number of piperidine rings is 1. The second kappa shape index (κ2) is 5.08. The van der Waals surface area contributed by atoms with Gasteiger partial charge in [-0.3, -0.25) is 0 Å². The van der Waals surface area contributed by atoms with Gasteiger partial charge in [0, 0.05) is 0 Å². The van der Waals surface area contributed by atoms with Crippen molar-refractivity contribution in [2.75, 3.05) is 13.1 Å². The number of likely N-dealkylation sites (tertiary alicyclic amines) is 1. The van der Waals surface area contributed by atoms with E-state index in [0.717, 1.165) is 0 Å². The fourth-order valence-electron chi connectivity index (χ4n) is 1.57. The third-order valence-corrected chi connectivity index (χ3v) is 2.84. The van der Waals surface area contributed by atoms with Crippen LogP contribution in [0.25, 0.3) is 0 Å². The Hall–Kier alpha value is -0.150. The maximum atomic E-state index is 10.2. The molecule has 1 unspecified atom stereocenters. The van der Waals surface area contributed by atoms with Crippen LogP contribution in [0, 0.1) is 5.63 Å². The molecule has 0 aliphatic carbocycles. The van der Waals surface area contributed by atoms with Gasteiger partial charge in [-0.05, 0) is 0 Å². The Morgan fingerprint density at radius 2 is 2.07 bits per heavy atom. The van der Waals surface area contributed by atoms with Crippen molar-refractivity contribution in [2.24, 2.45) is 0 Å². The Morgan fingerprint density at radius 1 is 1.43 bits per heavy atom. The van der Waals surface area contributed by atoms with Crippen molar-refractivity contribution in [1.82, 2.24) is 4.90 Å². The van der Waals surface area contributed by atoms with E-state index in [2.05, 4.69) is 5.63 Å². The molecule has 6 heteroatoms. The quantitative estimate of drug-likeness (QED) is 0.494. The number of β-amino-alcohol motifs (C(OH)–C–C–N with tert-alkyl or cyclic N) is 1. The van der Waals surface area contributed by atoms with Crippen molar-refractivity contribution >= 4 is 7.92 Å². The molecule has 1 fully saturated rings. The number of hydrogen-bond acceptors (Lipinski definition) is 5. The van der Waals surface area contributed by atoms with Gasteiger partial charge >= 0.3 is 82.7 Å². The molecule has 0 aromatic rings. The zero-order valence-corrected chi connectivity index (χ0v) is 8.76. The first-order chi connectivity index (χ1) is 6.57. The second-order valence-corrected chi connectivity index (χ2v) is 3.97. The first-order valence-electron chi connectivity index (χ1n) is 4.41. The van der Waals surface area contributed by atoms with E-state index in [1.807, 2.05) is 0 Å². The predicted molar refractivity (Wildman–Crippen MR) is 50.5 cm³/mol. The van der Waals surface area contributed by atoms with E-state index in [1.165, 1.54) is 0 Å². The summed E-state index contributed by atoms with van der Waals surface area (Å²) in [5.41, 5.74) is 2.54. The normalized spacial score (nSPS) is 39.1. The van der Waals surface area contributed by atoms with E-state index in [0.29, 0.717) is 6.54 Å². The molecule has 0 amide bonds. The monoisotopic (exact) mass is 219 g/mol. The summed E-state index contributed by atoms with van der Waals surface area (Å²) in [5, 5.41) is 28.3. The molecular formula is C8H14NO4P. The van der Waals surface area contributed by atoms with E-state index in [1.54, 1.807) is 11.8 Å². The molecule has 1 aliphatic heterocycles. The van der Waals surface area contributed by atoms with Crippen LogP contribution in [0.5, 0.6) is 0 Å². The molecule has 0 radical (unpaired) electrons. The van der Waals surface area contributed by atoms with Crippen LogP contribution in [0.4, 0.5) is 0 Å². The Kier molecular flexibility index (Phi) is 4.32. The summed E-state index contributed by atoms with van der Waals surface area (Å²) < 4.78 is 10.2. The summed E-state index contributed by atoms with van der Waals surface area (Å²) in [5.74, 6) is 0. The minimum absolute atomic E-state index is 0.192. The maximum absolute atomic E-state index is 10.2. The summed E-state index contributed by atoms with van der Waals surface area (Å²) in [6.07, 6.45) is -3.05. The first kappa shape index (κ1) is 11.9. The van der Waals surface area contributed by atoms with Crippen LogP contribution in [0.3, 0.4) is 0 Å². The molecule has 3 N–H and O–H groups in total. The number of aliphatic hydroxyl groups is 3. The summed E-state index contributed by atoms with van der Waals surface area (Å²) in [4.78, 5) is 1.72. The van der Waals surface area contributed by atoms with E-state index < -0.39 is 18.3 Å². The molecule has 1 saturated heterocycles. The van der Waals surface area contributed by atoms with Gasteiger partial charge in [-0.25, -0.2) is 0 Å². The van der Waals surface area contributed by atoms with Crippen LogP contribution >= 0.6 is 7.92 Å². The van der Waals surface area contributed by atoms with E-state index >= 15 is 0 Å². The molecule has 0 aromatic carbocycles. The van der Waals surface area contributed by atoms with Gasteiger partial charge in [-0.15, -0.1) is 0 Å². The molecule has 1 heterocycles. The molecule has 0 aromatic heterocycles. The fourth-order valence-corrected chi connectivity index (χ4v) is 1.81. The Labute approximate surface area is 83.5 Å². The Balaban J connectivity index is 2.68. The Bertz CT molecular complexity index is 291. The van der Waals surface area contributed by atoms with Crippen molar-refractivity contribution in [3.05, 3.63) is 0 Å². The third-order valence-electron chi connectivity index (χ3n) is 2.57. The summed E-state index contributed by atoms with van der Waals surface area (Å²) in [7, 11) is -0.192. The molecule has 14 heavy (non-hydrogen) atoms. The van der Waals surface area contributed by atoms with Gasteiger partial charge in [0.15, 0.2) is 0 Å². The van der Waals surface area contributed by atoms with Crippen LogP contribution in [0.2, 0.25) is 0 Å². The predicted octanol–water partition coefficient (Wildman–Crippen LogP) is -0.976. The molecule has 1 rings (SSSR count). The standard InChI is InChI=1S/C8H14NO4P/c1-5-7(11)8(12)6(10)4-9(5)2-3-14-13/h5-8,10-12H,2,4H2,1H3/t5?,6-,7-,8-/m1/s1. The number of rotatable bonds is 1.